The fourth-order valence-electron chi connectivity index (χ4n) is 2.09. The molecule has 8 heteroatoms. The Balaban J connectivity index is 0.000000765. The molecule has 26 heavy (non-hydrogen) atoms. The van der Waals surface area contributed by atoms with Crippen LogP contribution in [0.25, 0.3) is 0 Å². The van der Waals surface area contributed by atoms with E-state index >= 15 is 0 Å². The summed E-state index contributed by atoms with van der Waals surface area (Å²) in [5.74, 6) is -1.08. The number of nitrogens with zero attached hydrogens (tertiary/aromatic N) is 1. The lowest BCUT2D eigenvalue weighted by molar-refractivity contribution is -0.134. The number of benzene rings is 1. The van der Waals surface area contributed by atoms with Crippen LogP contribution in [0.2, 0.25) is 0 Å². The van der Waals surface area contributed by atoms with Crippen LogP contribution in [-0.4, -0.2) is 30.2 Å². The van der Waals surface area contributed by atoms with Gasteiger partial charge in [0.1, 0.15) is 0 Å². The number of nitrogens with two attached hydrogens (primary N) is 1. The van der Waals surface area contributed by atoms with Crippen molar-refractivity contribution < 1.29 is 18.3 Å². The lowest BCUT2D eigenvalue weighted by Gasteiger charge is -2.06. The van der Waals surface area contributed by atoms with Crippen molar-refractivity contribution in [1.29, 1.82) is 0 Å². The highest BCUT2D eigenvalue weighted by Gasteiger charge is 2.19. The summed E-state index contributed by atoms with van der Waals surface area (Å²) in [7, 11) is -3.64. The molecule has 0 aliphatic heterocycles. The summed E-state index contributed by atoms with van der Waals surface area (Å²) < 4.78 is 24.5. The molecule has 2 aromatic rings. The number of anilines is 1. The van der Waals surface area contributed by atoms with Crippen LogP contribution in [0, 0.1) is 0 Å². The van der Waals surface area contributed by atoms with Gasteiger partial charge in [-0.05, 0) is 11.6 Å². The summed E-state index contributed by atoms with van der Waals surface area (Å²) in [6.07, 6.45) is 2.68. The van der Waals surface area contributed by atoms with Crippen molar-refractivity contribution in [3.8, 4) is 0 Å². The Hall–Kier alpha value is -3.00. The molecule has 0 aliphatic carbocycles. The monoisotopic (exact) mass is 376 g/mol. The van der Waals surface area contributed by atoms with E-state index in [2.05, 4.69) is 11.6 Å². The van der Waals surface area contributed by atoms with E-state index in [0.717, 1.165) is 12.5 Å². The predicted molar refractivity (Wildman–Crippen MR) is 99.7 cm³/mol. The summed E-state index contributed by atoms with van der Waals surface area (Å²) in [5.41, 5.74) is 6.43. The molecule has 0 atom stereocenters. The van der Waals surface area contributed by atoms with Gasteiger partial charge >= 0.3 is 0 Å². The molecule has 7 nitrogen and oxygen atoms in total. The third-order valence-electron chi connectivity index (χ3n) is 3.16. The summed E-state index contributed by atoms with van der Waals surface area (Å²) in [6, 6.07) is 10.5. The van der Waals surface area contributed by atoms with Crippen molar-refractivity contribution >= 4 is 21.5 Å². The van der Waals surface area contributed by atoms with Gasteiger partial charge in [0.15, 0.2) is 9.84 Å². The van der Waals surface area contributed by atoms with Crippen LogP contribution < -0.4 is 11.3 Å². The smallest absolute Gasteiger partial charge is 0.300 e. The first-order chi connectivity index (χ1) is 12.2. The van der Waals surface area contributed by atoms with Crippen LogP contribution in [0.3, 0.4) is 0 Å². The molecule has 2 rings (SSSR count). The molecule has 0 saturated carbocycles. The van der Waals surface area contributed by atoms with Gasteiger partial charge in [-0.3, -0.25) is 9.59 Å². The predicted octanol–water partition coefficient (Wildman–Crippen LogP) is 1.67. The standard InChI is InChI=1S/C16H16N2O3S.C2H4O2/c1-2-10-22(20,21)14-8-9-18-16(19)13(15(14)17)11-12-6-4-3-5-7-12;1-2(3)4/h2-9H,1,10-11,17H2;1H3,(H,3,4). The second-order valence-electron chi connectivity index (χ2n) is 5.26. The highest BCUT2D eigenvalue weighted by Crippen LogP contribution is 2.22. The normalized spacial score (nSPS) is 10.3. The Labute approximate surface area is 151 Å². The quantitative estimate of drug-likeness (QED) is 0.760. The van der Waals surface area contributed by atoms with E-state index < -0.39 is 21.4 Å². The number of aromatic nitrogens is 1. The Bertz CT molecular complexity index is 937. The first-order valence-corrected chi connectivity index (χ1v) is 9.19. The van der Waals surface area contributed by atoms with Gasteiger partial charge in [-0.15, -0.1) is 6.58 Å². The number of hydrogen-bond donors (Lipinski definition) is 2. The molecule has 0 bridgehead atoms. The van der Waals surface area contributed by atoms with Crippen molar-refractivity contribution in [3.05, 3.63) is 76.7 Å². The number of hydrogen-bond acceptors (Lipinski definition) is 6. The Kier molecular flexibility index (Phi) is 7.67. The minimum Gasteiger partial charge on any atom is -0.481 e. The Morgan fingerprint density at radius 3 is 2.38 bits per heavy atom. The van der Waals surface area contributed by atoms with E-state index in [1.165, 1.54) is 18.3 Å². The molecular formula is C18H20N2O5S. The van der Waals surface area contributed by atoms with Crippen molar-refractivity contribution in [2.24, 2.45) is 0 Å². The van der Waals surface area contributed by atoms with E-state index in [1.54, 1.807) is 0 Å². The minimum absolute atomic E-state index is 0.0480. The van der Waals surface area contributed by atoms with Gasteiger partial charge in [0, 0.05) is 25.1 Å². The molecule has 3 N–H and O–H groups in total. The highest BCUT2D eigenvalue weighted by molar-refractivity contribution is 7.91. The molecule has 0 fully saturated rings. The minimum atomic E-state index is -3.64. The zero-order chi connectivity index (χ0) is 19.7. The number of rotatable bonds is 5. The third kappa shape index (κ3) is 6.14. The summed E-state index contributed by atoms with van der Waals surface area (Å²) >= 11 is 0. The van der Waals surface area contributed by atoms with E-state index in [1.807, 2.05) is 30.3 Å². The van der Waals surface area contributed by atoms with Gasteiger partial charge in [0.25, 0.3) is 11.5 Å². The molecule has 1 aromatic carbocycles. The lowest BCUT2D eigenvalue weighted by Crippen LogP contribution is -2.14. The largest absolute Gasteiger partial charge is 0.481 e. The fourth-order valence-corrected chi connectivity index (χ4v) is 3.31. The number of carbonyl (C=O) groups is 1. The second-order valence-corrected chi connectivity index (χ2v) is 7.26. The molecule has 1 aromatic heterocycles. The van der Waals surface area contributed by atoms with Gasteiger partial charge in [-0.2, -0.15) is 0 Å². The highest BCUT2D eigenvalue weighted by atomic mass is 32.2. The van der Waals surface area contributed by atoms with Crippen LogP contribution in [0.4, 0.5) is 5.69 Å². The van der Waals surface area contributed by atoms with Gasteiger partial charge in [-0.25, -0.2) is 13.4 Å². The molecular weight excluding hydrogens is 356 g/mol. The van der Waals surface area contributed by atoms with Crippen LogP contribution in [0.5, 0.6) is 0 Å². The maximum Gasteiger partial charge on any atom is 0.300 e. The SMILES string of the molecule is C=CCS(=O)(=O)c1ccnc(=O)c(Cc2ccccc2)c1N.CC(=O)O. The average molecular weight is 376 g/mol. The number of nitrogen functional groups attached to an aromatic ring is 1. The van der Waals surface area contributed by atoms with Crippen molar-refractivity contribution in [2.45, 2.75) is 18.2 Å². The molecule has 0 amide bonds. The van der Waals surface area contributed by atoms with Crippen LogP contribution in [0.15, 0.2) is 64.9 Å². The van der Waals surface area contributed by atoms with Gasteiger partial charge in [-0.1, -0.05) is 36.4 Å². The molecule has 0 spiro atoms. The van der Waals surface area contributed by atoms with Crippen molar-refractivity contribution in [2.75, 3.05) is 11.5 Å². The number of aliphatic carboxylic acids is 1. The van der Waals surface area contributed by atoms with E-state index in [0.29, 0.717) is 0 Å². The van der Waals surface area contributed by atoms with Gasteiger partial charge in [0.2, 0.25) is 0 Å². The van der Waals surface area contributed by atoms with E-state index in [-0.39, 0.29) is 28.3 Å². The number of carboxylic acid groups (broad SMARTS) is 1. The zero-order valence-corrected chi connectivity index (χ0v) is 15.1. The number of sulfone groups is 1. The van der Waals surface area contributed by atoms with Gasteiger partial charge in [0.05, 0.1) is 16.3 Å². The summed E-state index contributed by atoms with van der Waals surface area (Å²) in [5, 5.41) is 7.42. The molecule has 0 unspecified atom stereocenters. The average Bonchev–Trinajstić information content (AvgIpc) is 2.69. The first-order valence-electron chi connectivity index (χ1n) is 7.53. The topological polar surface area (TPSA) is 127 Å². The zero-order valence-electron chi connectivity index (χ0n) is 14.3. The molecule has 0 aliphatic rings. The van der Waals surface area contributed by atoms with Crippen molar-refractivity contribution in [1.82, 2.24) is 4.98 Å². The molecule has 138 valence electrons. The van der Waals surface area contributed by atoms with Crippen LogP contribution in [-0.2, 0) is 21.1 Å². The number of carboxylic acids is 1. The van der Waals surface area contributed by atoms with Crippen LogP contribution >= 0.6 is 0 Å². The maximum absolute atomic E-state index is 12.2. The third-order valence-corrected chi connectivity index (χ3v) is 4.86. The summed E-state index contributed by atoms with van der Waals surface area (Å²) in [4.78, 5) is 24.7. The fraction of sp³-hybridized carbons (Fsp3) is 0.167. The molecule has 0 saturated heterocycles. The van der Waals surface area contributed by atoms with Crippen molar-refractivity contribution in [3.63, 3.8) is 0 Å². The van der Waals surface area contributed by atoms with E-state index in [4.69, 9.17) is 15.6 Å². The Morgan fingerprint density at radius 1 is 1.27 bits per heavy atom. The molecule has 0 radical (unpaired) electrons. The molecule has 1 heterocycles. The maximum atomic E-state index is 12.2. The first kappa shape index (κ1) is 21.0. The lowest BCUT2D eigenvalue weighted by atomic mass is 10.1. The van der Waals surface area contributed by atoms with Gasteiger partial charge < -0.3 is 10.8 Å². The summed E-state index contributed by atoms with van der Waals surface area (Å²) in [6.45, 7) is 4.51. The second kappa shape index (κ2) is 9.47. The van der Waals surface area contributed by atoms with Crippen LogP contribution in [0.1, 0.15) is 18.1 Å². The Morgan fingerprint density at radius 2 is 1.85 bits per heavy atom. The van der Waals surface area contributed by atoms with E-state index in [9.17, 15) is 13.2 Å².